The van der Waals surface area contributed by atoms with Crippen LogP contribution in [-0.4, -0.2) is 24.3 Å². The summed E-state index contributed by atoms with van der Waals surface area (Å²) in [4.78, 5) is 26.6. The van der Waals surface area contributed by atoms with Crippen LogP contribution in [0.4, 0.5) is 5.69 Å². The molecule has 0 aliphatic carbocycles. The first-order chi connectivity index (χ1) is 15.6. The van der Waals surface area contributed by atoms with Crippen LogP contribution in [0, 0.1) is 0 Å². The lowest BCUT2D eigenvalue weighted by Gasteiger charge is -2.25. The van der Waals surface area contributed by atoms with E-state index in [0.29, 0.717) is 24.1 Å². The van der Waals surface area contributed by atoms with Gasteiger partial charge in [-0.3, -0.25) is 0 Å². The SMILES string of the molecule is O=C(OCCO)c1cc2ccc(N(Cc3ccccc3)Cc3ccccc3)cc2oc1=O. The second-order valence-electron chi connectivity index (χ2n) is 7.36. The predicted molar refractivity (Wildman–Crippen MR) is 123 cm³/mol. The van der Waals surface area contributed by atoms with Gasteiger partial charge in [0.25, 0.3) is 0 Å². The van der Waals surface area contributed by atoms with Crippen molar-refractivity contribution in [3.63, 3.8) is 0 Å². The van der Waals surface area contributed by atoms with Crippen LogP contribution in [0.5, 0.6) is 0 Å². The van der Waals surface area contributed by atoms with E-state index in [9.17, 15) is 9.59 Å². The molecule has 0 fully saturated rings. The molecule has 4 aromatic rings. The van der Waals surface area contributed by atoms with Gasteiger partial charge >= 0.3 is 11.6 Å². The lowest BCUT2D eigenvalue weighted by atomic mass is 10.1. The molecule has 32 heavy (non-hydrogen) atoms. The van der Waals surface area contributed by atoms with Crippen LogP contribution in [0.15, 0.2) is 94.1 Å². The number of carbonyl (C=O) groups excluding carboxylic acids is 1. The topological polar surface area (TPSA) is 80.0 Å². The van der Waals surface area contributed by atoms with E-state index in [4.69, 9.17) is 14.3 Å². The fourth-order valence-electron chi connectivity index (χ4n) is 3.50. The highest BCUT2D eigenvalue weighted by Gasteiger charge is 2.16. The summed E-state index contributed by atoms with van der Waals surface area (Å²) in [5, 5.41) is 9.43. The molecule has 0 saturated heterocycles. The molecule has 0 aliphatic heterocycles. The third-order valence-electron chi connectivity index (χ3n) is 5.06. The van der Waals surface area contributed by atoms with E-state index in [-0.39, 0.29) is 18.8 Å². The molecule has 0 saturated carbocycles. The molecule has 0 amide bonds. The standard InChI is InChI=1S/C26H23NO5/c28-13-14-31-25(29)23-15-21-11-12-22(16-24(21)32-26(23)30)27(17-19-7-3-1-4-8-19)18-20-9-5-2-6-10-20/h1-12,15-16,28H,13-14,17-18H2. The maximum absolute atomic E-state index is 12.4. The minimum absolute atomic E-state index is 0.177. The molecule has 1 aromatic heterocycles. The minimum Gasteiger partial charge on any atom is -0.459 e. The number of rotatable bonds is 8. The molecule has 4 rings (SSSR count). The molecule has 6 nitrogen and oxygen atoms in total. The van der Waals surface area contributed by atoms with E-state index in [1.54, 1.807) is 0 Å². The Morgan fingerprint density at radius 2 is 1.50 bits per heavy atom. The van der Waals surface area contributed by atoms with Crippen LogP contribution in [0.2, 0.25) is 0 Å². The molecule has 1 N–H and O–H groups in total. The Balaban J connectivity index is 1.68. The average molecular weight is 429 g/mol. The van der Waals surface area contributed by atoms with Gasteiger partial charge in [-0.2, -0.15) is 0 Å². The van der Waals surface area contributed by atoms with E-state index in [2.05, 4.69) is 29.2 Å². The third-order valence-corrected chi connectivity index (χ3v) is 5.06. The summed E-state index contributed by atoms with van der Waals surface area (Å²) < 4.78 is 10.3. The Morgan fingerprint density at radius 3 is 2.09 bits per heavy atom. The van der Waals surface area contributed by atoms with Gasteiger partial charge in [0.2, 0.25) is 0 Å². The van der Waals surface area contributed by atoms with Crippen molar-refractivity contribution in [3.8, 4) is 0 Å². The van der Waals surface area contributed by atoms with Gasteiger partial charge in [-0.1, -0.05) is 60.7 Å². The highest BCUT2D eigenvalue weighted by Crippen LogP contribution is 2.25. The van der Waals surface area contributed by atoms with E-state index >= 15 is 0 Å². The minimum atomic E-state index is -0.812. The van der Waals surface area contributed by atoms with Gasteiger partial charge in [0.1, 0.15) is 17.8 Å². The van der Waals surface area contributed by atoms with E-state index in [1.165, 1.54) is 6.07 Å². The first-order valence-electron chi connectivity index (χ1n) is 10.3. The van der Waals surface area contributed by atoms with Gasteiger partial charge < -0.3 is 19.2 Å². The first-order valence-corrected chi connectivity index (χ1v) is 10.3. The first kappa shape index (κ1) is 21.3. The number of fused-ring (bicyclic) bond motifs is 1. The van der Waals surface area contributed by atoms with Crippen molar-refractivity contribution < 1.29 is 19.1 Å². The van der Waals surface area contributed by atoms with Gasteiger partial charge in [-0.05, 0) is 29.3 Å². The van der Waals surface area contributed by atoms with Crippen molar-refractivity contribution in [2.45, 2.75) is 13.1 Å². The second-order valence-corrected chi connectivity index (χ2v) is 7.36. The lowest BCUT2D eigenvalue weighted by Crippen LogP contribution is -2.22. The molecule has 0 atom stereocenters. The van der Waals surface area contributed by atoms with E-state index in [1.807, 2.05) is 54.6 Å². The number of hydrogen-bond donors (Lipinski definition) is 1. The number of aliphatic hydroxyl groups excluding tert-OH is 1. The number of nitrogens with zero attached hydrogens (tertiary/aromatic N) is 1. The van der Waals surface area contributed by atoms with Crippen molar-refractivity contribution in [1.82, 2.24) is 0 Å². The summed E-state index contributed by atoms with van der Waals surface area (Å²) >= 11 is 0. The van der Waals surface area contributed by atoms with Gasteiger partial charge in [0.05, 0.1) is 6.61 Å². The Labute approximate surface area is 185 Å². The number of esters is 1. The lowest BCUT2D eigenvalue weighted by molar-refractivity contribution is 0.0429. The largest absolute Gasteiger partial charge is 0.459 e. The summed E-state index contributed by atoms with van der Waals surface area (Å²) in [6, 6.07) is 27.3. The van der Waals surface area contributed by atoms with Crippen LogP contribution < -0.4 is 10.5 Å². The number of benzene rings is 3. The van der Waals surface area contributed by atoms with Crippen molar-refractivity contribution in [3.05, 3.63) is 112 Å². The fourth-order valence-corrected chi connectivity index (χ4v) is 3.50. The highest BCUT2D eigenvalue weighted by molar-refractivity contribution is 5.93. The number of aliphatic hydroxyl groups is 1. The second kappa shape index (κ2) is 9.94. The Hall–Kier alpha value is -3.90. The molecule has 0 radical (unpaired) electrons. The van der Waals surface area contributed by atoms with Gasteiger partial charge in [0, 0.05) is 30.2 Å². The van der Waals surface area contributed by atoms with Gasteiger partial charge in [-0.15, -0.1) is 0 Å². The normalized spacial score (nSPS) is 10.8. The molecule has 0 unspecified atom stereocenters. The summed E-state index contributed by atoms with van der Waals surface area (Å²) in [5.41, 5.74) is 2.64. The molecule has 0 aliphatic rings. The molecular formula is C26H23NO5. The van der Waals surface area contributed by atoms with Gasteiger partial charge in [-0.25, -0.2) is 9.59 Å². The fraction of sp³-hybridized carbons (Fsp3) is 0.154. The van der Waals surface area contributed by atoms with Crippen LogP contribution in [0.3, 0.4) is 0 Å². The van der Waals surface area contributed by atoms with Crippen molar-refractivity contribution in [1.29, 1.82) is 0 Å². The zero-order chi connectivity index (χ0) is 22.3. The maximum Gasteiger partial charge on any atom is 0.351 e. The van der Waals surface area contributed by atoms with E-state index in [0.717, 1.165) is 16.8 Å². The number of anilines is 1. The summed E-state index contributed by atoms with van der Waals surface area (Å²) in [7, 11) is 0. The van der Waals surface area contributed by atoms with Crippen molar-refractivity contribution in [2.75, 3.05) is 18.1 Å². The molecule has 3 aromatic carbocycles. The zero-order valence-corrected chi connectivity index (χ0v) is 17.4. The molecule has 6 heteroatoms. The molecule has 1 heterocycles. The summed E-state index contributed by atoms with van der Waals surface area (Å²) in [6.45, 7) is 0.865. The van der Waals surface area contributed by atoms with E-state index < -0.39 is 11.6 Å². The number of hydrogen-bond acceptors (Lipinski definition) is 6. The quantitative estimate of drug-likeness (QED) is 0.335. The predicted octanol–water partition coefficient (Wildman–Crippen LogP) is 4.15. The maximum atomic E-state index is 12.4. The monoisotopic (exact) mass is 429 g/mol. The third kappa shape index (κ3) is 5.04. The molecule has 0 spiro atoms. The number of carbonyl (C=O) groups is 1. The molecule has 0 bridgehead atoms. The molecule has 162 valence electrons. The van der Waals surface area contributed by atoms with Gasteiger partial charge in [0.15, 0.2) is 0 Å². The number of ether oxygens (including phenoxy) is 1. The Morgan fingerprint density at radius 1 is 0.875 bits per heavy atom. The van der Waals surface area contributed by atoms with Crippen LogP contribution >= 0.6 is 0 Å². The summed E-state index contributed by atoms with van der Waals surface area (Å²) in [6.07, 6.45) is 0. The van der Waals surface area contributed by atoms with Crippen LogP contribution in [0.1, 0.15) is 21.5 Å². The highest BCUT2D eigenvalue weighted by atomic mass is 16.5. The van der Waals surface area contributed by atoms with Crippen LogP contribution in [0.25, 0.3) is 11.0 Å². The Bertz CT molecular complexity index is 1210. The summed E-state index contributed by atoms with van der Waals surface area (Å²) in [5.74, 6) is -0.812. The van der Waals surface area contributed by atoms with Crippen molar-refractivity contribution >= 4 is 22.6 Å². The Kier molecular flexibility index (Phi) is 6.63. The zero-order valence-electron chi connectivity index (χ0n) is 17.4. The molecular weight excluding hydrogens is 406 g/mol. The smallest absolute Gasteiger partial charge is 0.351 e. The van der Waals surface area contributed by atoms with Crippen molar-refractivity contribution in [2.24, 2.45) is 0 Å². The van der Waals surface area contributed by atoms with Crippen LogP contribution in [-0.2, 0) is 17.8 Å². The average Bonchev–Trinajstić information content (AvgIpc) is 2.82.